The van der Waals surface area contributed by atoms with E-state index in [0.717, 1.165) is 18.6 Å². The van der Waals surface area contributed by atoms with Crippen molar-refractivity contribution in [3.8, 4) is 0 Å². The maximum absolute atomic E-state index is 11.7. The molecule has 0 amide bonds. The summed E-state index contributed by atoms with van der Waals surface area (Å²) < 4.78 is 4.99. The molecule has 2 atom stereocenters. The molecule has 0 aromatic carbocycles. The second-order valence-corrected chi connectivity index (χ2v) is 6.39. The van der Waals surface area contributed by atoms with Crippen LogP contribution in [0.3, 0.4) is 0 Å². The van der Waals surface area contributed by atoms with Crippen molar-refractivity contribution in [2.45, 2.75) is 40.0 Å². The van der Waals surface area contributed by atoms with Crippen molar-refractivity contribution in [3.63, 3.8) is 0 Å². The van der Waals surface area contributed by atoms with Gasteiger partial charge in [-0.15, -0.1) is 0 Å². The summed E-state index contributed by atoms with van der Waals surface area (Å²) >= 11 is 0. The second kappa shape index (κ2) is 3.95. The standard InChI is InChI=1S/C15H19NO3/c1-14(2)10-6-7-15(14,3)12(9-10)16-19-13(17)11-5-4-8-18-11/h4-5,8,10H,6-7,9H2,1-3H3/t10-,15+/m0/s1. The van der Waals surface area contributed by atoms with Crippen molar-refractivity contribution in [3.05, 3.63) is 24.2 Å². The maximum Gasteiger partial charge on any atom is 0.400 e. The molecule has 0 unspecified atom stereocenters. The number of carbonyl (C=O) groups is 1. The lowest BCUT2D eigenvalue weighted by Crippen LogP contribution is -2.32. The third-order valence-electron chi connectivity index (χ3n) is 5.47. The van der Waals surface area contributed by atoms with Gasteiger partial charge in [-0.3, -0.25) is 0 Å². The van der Waals surface area contributed by atoms with E-state index in [1.165, 1.54) is 12.7 Å². The molecule has 4 heteroatoms. The Bertz CT molecular complexity index is 530. The van der Waals surface area contributed by atoms with Crippen LogP contribution in [0.15, 0.2) is 28.0 Å². The van der Waals surface area contributed by atoms with Gasteiger partial charge in [0.2, 0.25) is 5.76 Å². The molecule has 102 valence electrons. The molecule has 0 aliphatic heterocycles. The molecule has 2 aliphatic carbocycles. The highest BCUT2D eigenvalue weighted by Gasteiger charge is 2.60. The zero-order chi connectivity index (χ0) is 13.7. The van der Waals surface area contributed by atoms with Gasteiger partial charge in [0.05, 0.1) is 12.0 Å². The van der Waals surface area contributed by atoms with Crippen LogP contribution in [-0.4, -0.2) is 11.7 Å². The number of hydrogen-bond donors (Lipinski definition) is 0. The van der Waals surface area contributed by atoms with Crippen molar-refractivity contribution in [1.29, 1.82) is 0 Å². The zero-order valence-corrected chi connectivity index (χ0v) is 11.6. The maximum atomic E-state index is 11.7. The molecule has 2 fully saturated rings. The number of hydrogen-bond acceptors (Lipinski definition) is 4. The van der Waals surface area contributed by atoms with E-state index in [-0.39, 0.29) is 16.6 Å². The largest absolute Gasteiger partial charge is 0.457 e. The van der Waals surface area contributed by atoms with E-state index in [1.54, 1.807) is 12.1 Å². The third-order valence-corrected chi connectivity index (χ3v) is 5.47. The molecule has 0 N–H and O–H groups in total. The van der Waals surface area contributed by atoms with Gasteiger partial charge in [-0.05, 0) is 42.7 Å². The van der Waals surface area contributed by atoms with Crippen molar-refractivity contribution >= 4 is 11.7 Å². The Morgan fingerprint density at radius 1 is 1.47 bits per heavy atom. The van der Waals surface area contributed by atoms with Gasteiger partial charge in [-0.2, -0.15) is 0 Å². The Balaban J connectivity index is 1.78. The van der Waals surface area contributed by atoms with E-state index < -0.39 is 5.97 Å². The number of furan rings is 1. The van der Waals surface area contributed by atoms with Crippen LogP contribution in [0.25, 0.3) is 0 Å². The van der Waals surface area contributed by atoms with E-state index in [9.17, 15) is 4.79 Å². The minimum atomic E-state index is -0.526. The van der Waals surface area contributed by atoms with Crippen LogP contribution >= 0.6 is 0 Å². The topological polar surface area (TPSA) is 51.8 Å². The average molecular weight is 261 g/mol. The first-order valence-electron chi connectivity index (χ1n) is 6.77. The Hall–Kier alpha value is -1.58. The van der Waals surface area contributed by atoms with E-state index in [4.69, 9.17) is 9.25 Å². The van der Waals surface area contributed by atoms with E-state index >= 15 is 0 Å². The third kappa shape index (κ3) is 1.66. The first-order valence-corrected chi connectivity index (χ1v) is 6.77. The first kappa shape index (κ1) is 12.5. The lowest BCUT2D eigenvalue weighted by atomic mass is 9.70. The van der Waals surface area contributed by atoms with Crippen LogP contribution in [0.2, 0.25) is 0 Å². The molecule has 0 saturated heterocycles. The lowest BCUT2D eigenvalue weighted by molar-refractivity contribution is 0.0472. The Morgan fingerprint density at radius 3 is 2.79 bits per heavy atom. The number of nitrogens with zero attached hydrogens (tertiary/aromatic N) is 1. The summed E-state index contributed by atoms with van der Waals surface area (Å²) in [5.74, 6) is 0.317. The van der Waals surface area contributed by atoms with Gasteiger partial charge < -0.3 is 9.25 Å². The van der Waals surface area contributed by atoms with Gasteiger partial charge in [0, 0.05) is 5.41 Å². The SMILES string of the molecule is CC1(C)[C@H]2CC[C@]1(C)C(=NOC(=O)c1ccco1)C2. The summed E-state index contributed by atoms with van der Waals surface area (Å²) in [4.78, 5) is 16.7. The molecule has 3 rings (SSSR count). The Labute approximate surface area is 112 Å². The normalized spacial score (nSPS) is 33.8. The van der Waals surface area contributed by atoms with Crippen LogP contribution in [-0.2, 0) is 4.84 Å². The van der Waals surface area contributed by atoms with Crippen LogP contribution < -0.4 is 0 Å². The fraction of sp³-hybridized carbons (Fsp3) is 0.600. The molecule has 2 bridgehead atoms. The molecule has 1 aromatic rings. The Morgan fingerprint density at radius 2 is 2.26 bits per heavy atom. The quantitative estimate of drug-likeness (QED) is 0.603. The number of carbonyl (C=O) groups excluding carboxylic acids is 1. The Kier molecular flexibility index (Phi) is 2.59. The van der Waals surface area contributed by atoms with Gasteiger partial charge in [0.25, 0.3) is 0 Å². The summed E-state index contributed by atoms with van der Waals surface area (Å²) in [6.45, 7) is 6.82. The van der Waals surface area contributed by atoms with Gasteiger partial charge in [-0.25, -0.2) is 4.79 Å². The van der Waals surface area contributed by atoms with E-state index in [1.807, 2.05) is 0 Å². The molecule has 19 heavy (non-hydrogen) atoms. The van der Waals surface area contributed by atoms with Crippen LogP contribution in [0.1, 0.15) is 50.6 Å². The lowest BCUT2D eigenvalue weighted by Gasteiger charge is -2.34. The summed E-state index contributed by atoms with van der Waals surface area (Å²) in [6.07, 6.45) is 4.76. The van der Waals surface area contributed by atoms with Gasteiger partial charge in [-0.1, -0.05) is 25.9 Å². The van der Waals surface area contributed by atoms with Gasteiger partial charge in [0.15, 0.2) is 0 Å². The summed E-state index contributed by atoms with van der Waals surface area (Å²) in [5.41, 5.74) is 1.32. The summed E-state index contributed by atoms with van der Waals surface area (Å²) in [6, 6.07) is 3.24. The van der Waals surface area contributed by atoms with E-state index in [2.05, 4.69) is 25.9 Å². The molecule has 1 heterocycles. The monoisotopic (exact) mass is 261 g/mol. The van der Waals surface area contributed by atoms with Crippen LogP contribution in [0.4, 0.5) is 0 Å². The van der Waals surface area contributed by atoms with Crippen molar-refractivity contribution in [2.75, 3.05) is 0 Å². The molecule has 2 aliphatic rings. The molecular weight excluding hydrogens is 242 g/mol. The number of rotatable bonds is 2. The minimum Gasteiger partial charge on any atom is -0.457 e. The molecule has 1 aromatic heterocycles. The van der Waals surface area contributed by atoms with Crippen LogP contribution in [0.5, 0.6) is 0 Å². The first-order chi connectivity index (χ1) is 8.95. The summed E-state index contributed by atoms with van der Waals surface area (Å²) in [5, 5.41) is 4.14. The fourth-order valence-corrected chi connectivity index (χ4v) is 3.60. The zero-order valence-electron chi connectivity index (χ0n) is 11.6. The van der Waals surface area contributed by atoms with Crippen molar-refractivity contribution in [1.82, 2.24) is 0 Å². The van der Waals surface area contributed by atoms with E-state index in [0.29, 0.717) is 5.92 Å². The molecule has 0 radical (unpaired) electrons. The molecule has 4 nitrogen and oxygen atoms in total. The highest BCUT2D eigenvalue weighted by atomic mass is 16.7. The number of fused-ring (bicyclic) bond motifs is 2. The summed E-state index contributed by atoms with van der Waals surface area (Å²) in [7, 11) is 0. The fourth-order valence-electron chi connectivity index (χ4n) is 3.60. The predicted octanol–water partition coefficient (Wildman–Crippen LogP) is 3.64. The highest BCUT2D eigenvalue weighted by Crippen LogP contribution is 2.63. The second-order valence-electron chi connectivity index (χ2n) is 6.39. The van der Waals surface area contributed by atoms with Gasteiger partial charge in [0.1, 0.15) is 0 Å². The average Bonchev–Trinajstić information content (AvgIpc) is 3.01. The van der Waals surface area contributed by atoms with Crippen molar-refractivity contribution in [2.24, 2.45) is 21.9 Å². The molecule has 2 saturated carbocycles. The van der Waals surface area contributed by atoms with Crippen LogP contribution in [0, 0.1) is 16.7 Å². The smallest absolute Gasteiger partial charge is 0.400 e. The van der Waals surface area contributed by atoms with Gasteiger partial charge >= 0.3 is 5.97 Å². The molecule has 0 spiro atoms. The number of oxime groups is 1. The molecular formula is C15H19NO3. The minimum absolute atomic E-state index is 0.0567. The van der Waals surface area contributed by atoms with Crippen molar-refractivity contribution < 1.29 is 14.0 Å². The highest BCUT2D eigenvalue weighted by molar-refractivity contribution is 5.95. The predicted molar refractivity (Wildman–Crippen MR) is 70.8 cm³/mol.